The number of nitrogens with two attached hydrogens (primary N) is 1. The highest BCUT2D eigenvalue weighted by Crippen LogP contribution is 2.34. The first-order valence-corrected chi connectivity index (χ1v) is 6.93. The number of hydrogen-bond donors (Lipinski definition) is 1. The van der Waals surface area contributed by atoms with Crippen LogP contribution in [0.25, 0.3) is 0 Å². The summed E-state index contributed by atoms with van der Waals surface area (Å²) in [7, 11) is 0. The fourth-order valence-corrected chi connectivity index (χ4v) is 2.52. The fraction of sp³-hybridized carbons (Fsp3) is 1.00. The lowest BCUT2D eigenvalue weighted by atomic mass is 9.78. The highest BCUT2D eigenvalue weighted by atomic mass is 15.1. The average Bonchev–Trinajstić information content (AvgIpc) is 2.28. The summed E-state index contributed by atoms with van der Waals surface area (Å²) in [6.07, 6.45) is 4.04. The molecule has 0 aliphatic carbocycles. The van der Waals surface area contributed by atoms with E-state index in [0.29, 0.717) is 17.3 Å². The lowest BCUT2D eigenvalue weighted by Gasteiger charge is -2.40. The van der Waals surface area contributed by atoms with Gasteiger partial charge in [-0.05, 0) is 49.7 Å². The molecule has 2 nitrogen and oxygen atoms in total. The molecule has 1 rings (SSSR count). The van der Waals surface area contributed by atoms with E-state index < -0.39 is 0 Å². The molecule has 1 heterocycles. The van der Waals surface area contributed by atoms with Crippen LogP contribution in [0.1, 0.15) is 47.0 Å². The molecule has 1 aliphatic heterocycles. The van der Waals surface area contributed by atoms with E-state index in [1.807, 2.05) is 0 Å². The highest BCUT2D eigenvalue weighted by molar-refractivity contribution is 4.82. The van der Waals surface area contributed by atoms with Crippen LogP contribution in [0, 0.1) is 17.3 Å². The quantitative estimate of drug-likeness (QED) is 0.781. The third kappa shape index (κ3) is 3.74. The molecule has 2 N–H and O–H groups in total. The second-order valence-electron chi connectivity index (χ2n) is 6.20. The second-order valence-corrected chi connectivity index (χ2v) is 6.20. The Kier molecular flexibility index (Phi) is 5.26. The van der Waals surface area contributed by atoms with Gasteiger partial charge < -0.3 is 10.6 Å². The van der Waals surface area contributed by atoms with Crippen molar-refractivity contribution in [2.75, 3.05) is 26.2 Å². The van der Waals surface area contributed by atoms with E-state index in [-0.39, 0.29) is 0 Å². The lowest BCUT2D eigenvalue weighted by Crippen LogP contribution is -2.43. The molecule has 0 saturated carbocycles. The van der Waals surface area contributed by atoms with Crippen LogP contribution in [0.3, 0.4) is 0 Å². The van der Waals surface area contributed by atoms with Gasteiger partial charge in [-0.1, -0.05) is 34.1 Å². The predicted octanol–water partition coefficient (Wildman–Crippen LogP) is 2.73. The zero-order chi connectivity index (χ0) is 12.2. The molecular weight excluding hydrogens is 196 g/mol. The summed E-state index contributed by atoms with van der Waals surface area (Å²) in [4.78, 5) is 2.62. The molecule has 16 heavy (non-hydrogen) atoms. The first-order valence-electron chi connectivity index (χ1n) is 6.93. The van der Waals surface area contributed by atoms with Gasteiger partial charge in [0, 0.05) is 6.54 Å². The molecule has 0 amide bonds. The molecule has 0 aromatic heterocycles. The summed E-state index contributed by atoms with van der Waals surface area (Å²) >= 11 is 0. The second kappa shape index (κ2) is 6.02. The number of nitrogens with zero attached hydrogens (tertiary/aromatic N) is 1. The van der Waals surface area contributed by atoms with Crippen molar-refractivity contribution in [3.63, 3.8) is 0 Å². The van der Waals surface area contributed by atoms with Crippen LogP contribution in [0.2, 0.25) is 0 Å². The molecular formula is C14H30N2. The van der Waals surface area contributed by atoms with Gasteiger partial charge in [0.25, 0.3) is 0 Å². The van der Waals surface area contributed by atoms with Crippen molar-refractivity contribution in [1.82, 2.24) is 4.90 Å². The maximum atomic E-state index is 5.84. The van der Waals surface area contributed by atoms with Crippen molar-refractivity contribution in [3.05, 3.63) is 0 Å². The van der Waals surface area contributed by atoms with Crippen LogP contribution in [0.4, 0.5) is 0 Å². The first kappa shape index (κ1) is 14.0. The molecule has 0 spiro atoms. The van der Waals surface area contributed by atoms with Gasteiger partial charge in [0.05, 0.1) is 0 Å². The summed E-state index contributed by atoms with van der Waals surface area (Å²) < 4.78 is 0. The van der Waals surface area contributed by atoms with Gasteiger partial charge in [0.2, 0.25) is 0 Å². The smallest absolute Gasteiger partial charge is 0.00242 e. The minimum absolute atomic E-state index is 0.604. The van der Waals surface area contributed by atoms with Gasteiger partial charge in [-0.15, -0.1) is 0 Å². The zero-order valence-electron chi connectivity index (χ0n) is 11.6. The van der Waals surface area contributed by atoms with Gasteiger partial charge in [0.1, 0.15) is 0 Å². The number of piperidine rings is 1. The zero-order valence-corrected chi connectivity index (χ0v) is 11.6. The van der Waals surface area contributed by atoms with Crippen LogP contribution in [0.15, 0.2) is 0 Å². The Labute approximate surface area is 102 Å². The van der Waals surface area contributed by atoms with Crippen molar-refractivity contribution in [2.24, 2.45) is 23.0 Å². The molecule has 1 atom stereocenters. The average molecular weight is 226 g/mol. The summed E-state index contributed by atoms with van der Waals surface area (Å²) in [6.45, 7) is 13.9. The van der Waals surface area contributed by atoms with E-state index in [4.69, 9.17) is 5.73 Å². The third-order valence-electron chi connectivity index (χ3n) is 4.65. The van der Waals surface area contributed by atoms with Crippen molar-refractivity contribution in [1.29, 1.82) is 0 Å². The maximum absolute atomic E-state index is 5.84. The van der Waals surface area contributed by atoms with Crippen LogP contribution < -0.4 is 5.73 Å². The fourth-order valence-electron chi connectivity index (χ4n) is 2.52. The van der Waals surface area contributed by atoms with E-state index in [0.717, 1.165) is 6.54 Å². The standard InChI is InChI=1S/C14H30N2/c1-5-14(4)6-8-16(9-7-14)11-13(10-15)12(2)3/h12-13H,5-11,15H2,1-4H3. The summed E-state index contributed by atoms with van der Waals surface area (Å²) in [6, 6.07) is 0. The molecule has 0 bridgehead atoms. The van der Waals surface area contributed by atoms with E-state index >= 15 is 0 Å². The molecule has 1 fully saturated rings. The van der Waals surface area contributed by atoms with Crippen molar-refractivity contribution in [3.8, 4) is 0 Å². The van der Waals surface area contributed by atoms with Gasteiger partial charge in [-0.3, -0.25) is 0 Å². The Morgan fingerprint density at radius 3 is 2.19 bits per heavy atom. The first-order chi connectivity index (χ1) is 7.50. The third-order valence-corrected chi connectivity index (χ3v) is 4.65. The van der Waals surface area contributed by atoms with Crippen LogP contribution in [-0.2, 0) is 0 Å². The maximum Gasteiger partial charge on any atom is 0.00242 e. The number of rotatable bonds is 5. The van der Waals surface area contributed by atoms with Crippen molar-refractivity contribution in [2.45, 2.75) is 47.0 Å². The van der Waals surface area contributed by atoms with E-state index in [2.05, 4.69) is 32.6 Å². The van der Waals surface area contributed by atoms with Gasteiger partial charge in [-0.2, -0.15) is 0 Å². The number of hydrogen-bond acceptors (Lipinski definition) is 2. The minimum Gasteiger partial charge on any atom is -0.330 e. The summed E-state index contributed by atoms with van der Waals surface area (Å²) in [5.74, 6) is 1.38. The number of likely N-dealkylation sites (tertiary alicyclic amines) is 1. The lowest BCUT2D eigenvalue weighted by molar-refractivity contribution is 0.0949. The van der Waals surface area contributed by atoms with E-state index in [1.165, 1.54) is 38.9 Å². The monoisotopic (exact) mass is 226 g/mol. The normalized spacial score (nSPS) is 23.6. The molecule has 2 heteroatoms. The molecule has 0 aromatic rings. The van der Waals surface area contributed by atoms with Crippen LogP contribution in [0.5, 0.6) is 0 Å². The summed E-state index contributed by atoms with van der Waals surface area (Å²) in [5, 5.41) is 0. The molecule has 1 aliphatic rings. The Bertz CT molecular complexity index is 193. The Morgan fingerprint density at radius 1 is 1.25 bits per heavy atom. The molecule has 1 saturated heterocycles. The molecule has 0 radical (unpaired) electrons. The molecule has 0 aromatic carbocycles. The highest BCUT2D eigenvalue weighted by Gasteiger charge is 2.29. The van der Waals surface area contributed by atoms with E-state index in [1.54, 1.807) is 0 Å². The van der Waals surface area contributed by atoms with E-state index in [9.17, 15) is 0 Å². The van der Waals surface area contributed by atoms with Gasteiger partial charge in [0.15, 0.2) is 0 Å². The topological polar surface area (TPSA) is 29.3 Å². The Balaban J connectivity index is 2.36. The largest absolute Gasteiger partial charge is 0.330 e. The van der Waals surface area contributed by atoms with Crippen LogP contribution in [-0.4, -0.2) is 31.1 Å². The van der Waals surface area contributed by atoms with Gasteiger partial charge >= 0.3 is 0 Å². The van der Waals surface area contributed by atoms with Gasteiger partial charge in [-0.25, -0.2) is 0 Å². The predicted molar refractivity (Wildman–Crippen MR) is 71.5 cm³/mol. The molecule has 96 valence electrons. The summed E-state index contributed by atoms with van der Waals surface area (Å²) in [5.41, 5.74) is 6.45. The molecule has 1 unspecified atom stereocenters. The Morgan fingerprint density at radius 2 is 1.81 bits per heavy atom. The SMILES string of the molecule is CCC1(C)CCN(CC(CN)C(C)C)CC1. The van der Waals surface area contributed by atoms with Crippen molar-refractivity contribution >= 4 is 0 Å². The Hall–Kier alpha value is -0.0800. The van der Waals surface area contributed by atoms with Crippen molar-refractivity contribution < 1.29 is 0 Å². The minimum atomic E-state index is 0.604. The van der Waals surface area contributed by atoms with Crippen LogP contribution >= 0.6 is 0 Å².